The Morgan fingerprint density at radius 2 is 1.74 bits per heavy atom. The number of piperazine rings is 1. The molecule has 27 heavy (non-hydrogen) atoms. The minimum Gasteiger partial charge on any atom is -0.339 e. The van der Waals surface area contributed by atoms with E-state index in [1.54, 1.807) is 29.2 Å². The van der Waals surface area contributed by atoms with Gasteiger partial charge in [-0.3, -0.25) is 4.79 Å². The predicted molar refractivity (Wildman–Crippen MR) is 104 cm³/mol. The molecule has 0 N–H and O–H groups in total. The lowest BCUT2D eigenvalue weighted by atomic mass is 10.3. The molecule has 1 saturated heterocycles. The molecule has 0 aliphatic carbocycles. The summed E-state index contributed by atoms with van der Waals surface area (Å²) in [5, 5.41) is 0.364. The summed E-state index contributed by atoms with van der Waals surface area (Å²) >= 11 is 7.22. The van der Waals surface area contributed by atoms with Crippen molar-refractivity contribution < 1.29 is 17.6 Å². The summed E-state index contributed by atoms with van der Waals surface area (Å²) in [4.78, 5) is 15.0. The second kappa shape index (κ2) is 8.60. The van der Waals surface area contributed by atoms with Crippen molar-refractivity contribution in [3.05, 3.63) is 59.4 Å². The van der Waals surface area contributed by atoms with E-state index in [0.29, 0.717) is 18.1 Å². The average molecular weight is 429 g/mol. The van der Waals surface area contributed by atoms with Crippen LogP contribution in [0.5, 0.6) is 0 Å². The summed E-state index contributed by atoms with van der Waals surface area (Å²) in [6.07, 6.45) is 0. The van der Waals surface area contributed by atoms with Gasteiger partial charge >= 0.3 is 0 Å². The molecule has 1 aliphatic rings. The SMILES string of the molecule is O=C(CSc1ccc(F)cc1)N1CCN(S(=O)(=O)c2cccc(Cl)c2)CC1. The van der Waals surface area contributed by atoms with Crippen molar-refractivity contribution in [3.63, 3.8) is 0 Å². The highest BCUT2D eigenvalue weighted by atomic mass is 35.5. The Morgan fingerprint density at radius 3 is 2.37 bits per heavy atom. The average Bonchev–Trinajstić information content (AvgIpc) is 2.67. The zero-order valence-electron chi connectivity index (χ0n) is 14.3. The Morgan fingerprint density at radius 1 is 1.07 bits per heavy atom. The third-order valence-corrected chi connectivity index (χ3v) is 7.33. The molecule has 144 valence electrons. The van der Waals surface area contributed by atoms with Gasteiger partial charge in [-0.15, -0.1) is 11.8 Å². The van der Waals surface area contributed by atoms with Crippen molar-refractivity contribution in [1.29, 1.82) is 0 Å². The number of amides is 1. The van der Waals surface area contributed by atoms with Crippen LogP contribution in [-0.2, 0) is 14.8 Å². The molecule has 0 saturated carbocycles. The van der Waals surface area contributed by atoms with E-state index >= 15 is 0 Å². The topological polar surface area (TPSA) is 57.7 Å². The van der Waals surface area contributed by atoms with Gasteiger partial charge in [-0.1, -0.05) is 17.7 Å². The fourth-order valence-corrected chi connectivity index (χ4v) is 5.25. The molecule has 1 fully saturated rings. The van der Waals surface area contributed by atoms with E-state index in [9.17, 15) is 17.6 Å². The molecule has 2 aromatic carbocycles. The van der Waals surface area contributed by atoms with Crippen molar-refractivity contribution in [2.75, 3.05) is 31.9 Å². The number of benzene rings is 2. The van der Waals surface area contributed by atoms with Gasteiger partial charge in [-0.25, -0.2) is 12.8 Å². The molecule has 0 unspecified atom stereocenters. The third kappa shape index (κ3) is 5.01. The van der Waals surface area contributed by atoms with E-state index in [2.05, 4.69) is 0 Å². The molecule has 5 nitrogen and oxygen atoms in total. The summed E-state index contributed by atoms with van der Waals surface area (Å²) in [5.41, 5.74) is 0. The maximum absolute atomic E-state index is 12.9. The number of nitrogens with zero attached hydrogens (tertiary/aromatic N) is 2. The summed E-state index contributed by atoms with van der Waals surface area (Å²) in [7, 11) is -3.62. The van der Waals surface area contributed by atoms with Crippen LogP contribution in [0.2, 0.25) is 5.02 Å². The summed E-state index contributed by atoms with van der Waals surface area (Å²) < 4.78 is 39.6. The van der Waals surface area contributed by atoms with Crippen LogP contribution in [0.25, 0.3) is 0 Å². The molecule has 9 heteroatoms. The first-order valence-corrected chi connectivity index (χ1v) is 11.1. The zero-order valence-corrected chi connectivity index (χ0v) is 16.7. The van der Waals surface area contributed by atoms with Crippen LogP contribution in [0.3, 0.4) is 0 Å². The van der Waals surface area contributed by atoms with Gasteiger partial charge in [0.05, 0.1) is 10.6 Å². The Hall–Kier alpha value is -1.61. The molecule has 0 aromatic heterocycles. The van der Waals surface area contributed by atoms with Gasteiger partial charge in [-0.05, 0) is 42.5 Å². The van der Waals surface area contributed by atoms with Gasteiger partial charge in [-0.2, -0.15) is 4.31 Å². The minimum atomic E-state index is -3.62. The summed E-state index contributed by atoms with van der Waals surface area (Å²) in [6, 6.07) is 12.1. The molecule has 0 bridgehead atoms. The second-order valence-electron chi connectivity index (χ2n) is 5.98. The minimum absolute atomic E-state index is 0.0656. The Kier molecular flexibility index (Phi) is 6.41. The monoisotopic (exact) mass is 428 g/mol. The van der Waals surface area contributed by atoms with E-state index < -0.39 is 10.0 Å². The fourth-order valence-electron chi connectivity index (χ4n) is 2.72. The quantitative estimate of drug-likeness (QED) is 0.686. The summed E-state index contributed by atoms with van der Waals surface area (Å²) in [5.74, 6) is -0.154. The largest absolute Gasteiger partial charge is 0.339 e. The third-order valence-electron chi connectivity index (χ3n) is 4.20. The molecule has 0 atom stereocenters. The van der Waals surface area contributed by atoms with Gasteiger partial charge in [0.15, 0.2) is 0 Å². The van der Waals surface area contributed by atoms with Gasteiger partial charge in [0.1, 0.15) is 5.82 Å². The molecule has 1 aliphatic heterocycles. The smallest absolute Gasteiger partial charge is 0.243 e. The lowest BCUT2D eigenvalue weighted by molar-refractivity contribution is -0.129. The van der Waals surface area contributed by atoms with Gasteiger partial charge < -0.3 is 4.90 Å². The zero-order chi connectivity index (χ0) is 19.4. The van der Waals surface area contributed by atoms with Crippen LogP contribution in [0.15, 0.2) is 58.3 Å². The molecule has 0 spiro atoms. The number of thioether (sulfide) groups is 1. The van der Waals surface area contributed by atoms with Crippen LogP contribution >= 0.6 is 23.4 Å². The predicted octanol–water partition coefficient (Wildman–Crippen LogP) is 3.10. The van der Waals surface area contributed by atoms with E-state index in [0.717, 1.165) is 4.90 Å². The number of halogens is 2. The maximum atomic E-state index is 12.9. The van der Waals surface area contributed by atoms with Crippen molar-refractivity contribution in [2.24, 2.45) is 0 Å². The number of rotatable bonds is 5. The van der Waals surface area contributed by atoms with Crippen molar-refractivity contribution in [3.8, 4) is 0 Å². The normalized spacial score (nSPS) is 15.7. The first-order valence-electron chi connectivity index (χ1n) is 8.28. The fraction of sp³-hybridized carbons (Fsp3) is 0.278. The number of hydrogen-bond acceptors (Lipinski definition) is 4. The molecule has 0 radical (unpaired) electrons. The van der Waals surface area contributed by atoms with Crippen LogP contribution < -0.4 is 0 Å². The van der Waals surface area contributed by atoms with Crippen molar-refractivity contribution in [2.45, 2.75) is 9.79 Å². The van der Waals surface area contributed by atoms with Gasteiger partial charge in [0, 0.05) is 36.1 Å². The standard InChI is InChI=1S/C18H18ClFN2O3S2/c19-14-2-1-3-17(12-14)27(24,25)22-10-8-21(9-11-22)18(23)13-26-16-6-4-15(20)5-7-16/h1-7,12H,8-11,13H2. The van der Waals surface area contributed by atoms with Gasteiger partial charge in [0.2, 0.25) is 15.9 Å². The molecule has 2 aromatic rings. The Labute approximate surface area is 167 Å². The molecular weight excluding hydrogens is 411 g/mol. The van der Waals surface area contributed by atoms with E-state index in [1.165, 1.54) is 40.3 Å². The number of carbonyl (C=O) groups excluding carboxylic acids is 1. The van der Waals surface area contributed by atoms with Crippen LogP contribution in [-0.4, -0.2) is 55.5 Å². The first-order chi connectivity index (χ1) is 12.9. The van der Waals surface area contributed by atoms with Crippen molar-refractivity contribution in [1.82, 2.24) is 9.21 Å². The molecule has 3 rings (SSSR count). The Bertz CT molecular complexity index is 914. The number of carbonyl (C=O) groups is 1. The second-order valence-corrected chi connectivity index (χ2v) is 9.41. The molecular formula is C18H18ClFN2O3S2. The van der Waals surface area contributed by atoms with Gasteiger partial charge in [0.25, 0.3) is 0 Å². The highest BCUT2D eigenvalue weighted by molar-refractivity contribution is 8.00. The first kappa shape index (κ1) is 20.1. The molecule has 1 heterocycles. The lowest BCUT2D eigenvalue weighted by Crippen LogP contribution is -2.50. The van der Waals surface area contributed by atoms with E-state index in [1.807, 2.05) is 0 Å². The van der Waals surface area contributed by atoms with Crippen LogP contribution in [0.1, 0.15) is 0 Å². The van der Waals surface area contributed by atoms with Crippen LogP contribution in [0, 0.1) is 5.82 Å². The van der Waals surface area contributed by atoms with E-state index in [-0.39, 0.29) is 35.5 Å². The highest BCUT2D eigenvalue weighted by Crippen LogP contribution is 2.22. The Balaban J connectivity index is 1.55. The number of hydrogen-bond donors (Lipinski definition) is 0. The summed E-state index contributed by atoms with van der Waals surface area (Å²) in [6.45, 7) is 1.15. The number of sulfonamides is 1. The molecule has 1 amide bonds. The van der Waals surface area contributed by atoms with E-state index in [4.69, 9.17) is 11.6 Å². The lowest BCUT2D eigenvalue weighted by Gasteiger charge is -2.34. The van der Waals surface area contributed by atoms with Crippen molar-refractivity contribution >= 4 is 39.3 Å². The maximum Gasteiger partial charge on any atom is 0.243 e. The highest BCUT2D eigenvalue weighted by Gasteiger charge is 2.30. The van der Waals surface area contributed by atoms with Crippen LogP contribution in [0.4, 0.5) is 4.39 Å².